The highest BCUT2D eigenvalue weighted by atomic mass is 32.2. The maximum Gasteiger partial charge on any atom is 0.255 e. The Bertz CT molecular complexity index is 1080. The van der Waals surface area contributed by atoms with Gasteiger partial charge < -0.3 is 10.2 Å². The number of rotatable bonds is 4. The van der Waals surface area contributed by atoms with Crippen molar-refractivity contribution < 1.29 is 4.42 Å². The van der Waals surface area contributed by atoms with Gasteiger partial charge in [0.25, 0.3) is 5.78 Å². The molecule has 7 nitrogen and oxygen atoms in total. The van der Waals surface area contributed by atoms with E-state index in [9.17, 15) is 0 Å². The van der Waals surface area contributed by atoms with Crippen LogP contribution in [0.25, 0.3) is 28.6 Å². The first kappa shape index (κ1) is 16.3. The highest BCUT2D eigenvalue weighted by Gasteiger charge is 2.15. The summed E-state index contributed by atoms with van der Waals surface area (Å²) >= 11 is 1.98. The normalized spacial score (nSPS) is 15.0. The van der Waals surface area contributed by atoms with E-state index in [0.29, 0.717) is 23.2 Å². The zero-order valence-corrected chi connectivity index (χ0v) is 15.4. The average molecular weight is 378 g/mol. The molecule has 1 aromatic carbocycles. The molecule has 1 saturated heterocycles. The van der Waals surface area contributed by atoms with Crippen LogP contribution >= 0.6 is 11.8 Å². The summed E-state index contributed by atoms with van der Waals surface area (Å²) in [5.41, 5.74) is 9.29. The summed E-state index contributed by atoms with van der Waals surface area (Å²) in [6.07, 6.45) is 1.59. The number of aromatic nitrogens is 4. The lowest BCUT2D eigenvalue weighted by Crippen LogP contribution is -2.18. The molecule has 5 rings (SSSR count). The third kappa shape index (κ3) is 3.17. The van der Waals surface area contributed by atoms with Crippen molar-refractivity contribution in [3.05, 3.63) is 54.3 Å². The Morgan fingerprint density at radius 2 is 2.11 bits per heavy atom. The van der Waals surface area contributed by atoms with Crippen LogP contribution in [0.1, 0.15) is 5.56 Å². The number of furan rings is 1. The van der Waals surface area contributed by atoms with E-state index in [2.05, 4.69) is 38.2 Å². The number of fused-ring (bicyclic) bond motifs is 1. The molecule has 0 aliphatic carbocycles. The van der Waals surface area contributed by atoms with Gasteiger partial charge in [-0.05, 0) is 23.8 Å². The van der Waals surface area contributed by atoms with Gasteiger partial charge >= 0.3 is 0 Å². The van der Waals surface area contributed by atoms with Crippen molar-refractivity contribution >= 4 is 23.4 Å². The van der Waals surface area contributed by atoms with Gasteiger partial charge in [0.1, 0.15) is 5.82 Å². The number of anilines is 1. The van der Waals surface area contributed by atoms with Crippen molar-refractivity contribution in [2.75, 3.05) is 23.9 Å². The molecule has 8 heteroatoms. The van der Waals surface area contributed by atoms with Gasteiger partial charge in [0.15, 0.2) is 5.76 Å². The van der Waals surface area contributed by atoms with Crippen LogP contribution in [0.2, 0.25) is 0 Å². The fraction of sp³-hybridized carbons (Fsp3) is 0.211. The first-order chi connectivity index (χ1) is 13.3. The average Bonchev–Trinajstić information content (AvgIpc) is 3.43. The Balaban J connectivity index is 1.51. The fourth-order valence-electron chi connectivity index (χ4n) is 3.21. The maximum absolute atomic E-state index is 6.21. The molecule has 1 aliphatic heterocycles. The van der Waals surface area contributed by atoms with Gasteiger partial charge in [0, 0.05) is 36.3 Å². The number of nitrogens with zero attached hydrogens (tertiary/aromatic N) is 5. The van der Waals surface area contributed by atoms with E-state index < -0.39 is 0 Å². The number of nitrogen functional groups attached to an aromatic ring is 1. The molecule has 0 unspecified atom stereocenters. The zero-order chi connectivity index (χ0) is 18.2. The van der Waals surface area contributed by atoms with Crippen LogP contribution in [-0.4, -0.2) is 42.7 Å². The van der Waals surface area contributed by atoms with Crippen LogP contribution in [0, 0.1) is 0 Å². The molecule has 0 radical (unpaired) electrons. The molecule has 1 aliphatic rings. The van der Waals surface area contributed by atoms with Gasteiger partial charge in [-0.3, -0.25) is 4.90 Å². The molecule has 27 heavy (non-hydrogen) atoms. The Hall–Kier alpha value is -2.84. The lowest BCUT2D eigenvalue weighted by molar-refractivity contribution is 0.349. The number of nitrogens with two attached hydrogens (primary N) is 1. The first-order valence-electron chi connectivity index (χ1n) is 8.73. The fourth-order valence-corrected chi connectivity index (χ4v) is 4.21. The molecule has 0 amide bonds. The summed E-state index contributed by atoms with van der Waals surface area (Å²) in [6.45, 7) is 2.09. The van der Waals surface area contributed by atoms with Crippen LogP contribution in [0.5, 0.6) is 0 Å². The van der Waals surface area contributed by atoms with Crippen LogP contribution in [0.15, 0.2) is 53.1 Å². The SMILES string of the molecule is Nc1cc(-c2cccc(CN3CCSC3)c2)nc2nc(-c3ccco3)nn12. The lowest BCUT2D eigenvalue weighted by Gasteiger charge is -2.14. The van der Waals surface area contributed by atoms with E-state index in [4.69, 9.17) is 10.2 Å². The monoisotopic (exact) mass is 378 g/mol. The second-order valence-corrected chi connectivity index (χ2v) is 7.56. The molecular weight excluding hydrogens is 360 g/mol. The van der Waals surface area contributed by atoms with Crippen LogP contribution < -0.4 is 5.73 Å². The van der Waals surface area contributed by atoms with Crippen LogP contribution in [-0.2, 0) is 6.54 Å². The van der Waals surface area contributed by atoms with Crippen molar-refractivity contribution in [3.63, 3.8) is 0 Å². The molecule has 4 aromatic rings. The van der Waals surface area contributed by atoms with Gasteiger partial charge in [-0.1, -0.05) is 18.2 Å². The van der Waals surface area contributed by atoms with E-state index in [-0.39, 0.29) is 0 Å². The number of benzene rings is 1. The number of thioether (sulfide) groups is 1. The van der Waals surface area contributed by atoms with E-state index in [1.807, 2.05) is 30.0 Å². The Kier molecular flexibility index (Phi) is 4.06. The minimum Gasteiger partial charge on any atom is -0.461 e. The number of hydrogen-bond acceptors (Lipinski definition) is 7. The van der Waals surface area contributed by atoms with E-state index in [1.165, 1.54) is 15.8 Å². The van der Waals surface area contributed by atoms with E-state index >= 15 is 0 Å². The van der Waals surface area contributed by atoms with Gasteiger partial charge in [0.05, 0.1) is 12.0 Å². The van der Waals surface area contributed by atoms with Crippen LogP contribution in [0.4, 0.5) is 5.82 Å². The van der Waals surface area contributed by atoms with Crippen molar-refractivity contribution in [1.29, 1.82) is 0 Å². The summed E-state index contributed by atoms with van der Waals surface area (Å²) in [6, 6.07) is 13.9. The molecule has 1 fully saturated rings. The van der Waals surface area contributed by atoms with Crippen molar-refractivity contribution in [3.8, 4) is 22.8 Å². The highest BCUT2D eigenvalue weighted by Crippen LogP contribution is 2.25. The predicted octanol–water partition coefficient (Wildman–Crippen LogP) is 3.14. The van der Waals surface area contributed by atoms with Crippen molar-refractivity contribution in [2.45, 2.75) is 6.54 Å². The van der Waals surface area contributed by atoms with E-state index in [0.717, 1.165) is 30.2 Å². The molecule has 136 valence electrons. The number of hydrogen-bond donors (Lipinski definition) is 1. The molecule has 4 heterocycles. The Morgan fingerprint density at radius 1 is 1.15 bits per heavy atom. The lowest BCUT2D eigenvalue weighted by atomic mass is 10.1. The summed E-state index contributed by atoms with van der Waals surface area (Å²) in [5.74, 6) is 4.30. The minimum atomic E-state index is 0.456. The standard InChI is InChI=1S/C19H18N6OS/c20-17-10-15(14-4-1-3-13(9-14)11-24-6-8-27-12-24)21-19-22-18(23-25(17)19)16-5-2-7-26-16/h1-5,7,9-10H,6,8,11-12,20H2. The Morgan fingerprint density at radius 3 is 2.93 bits per heavy atom. The van der Waals surface area contributed by atoms with Crippen LogP contribution in [0.3, 0.4) is 0 Å². The summed E-state index contributed by atoms with van der Waals surface area (Å²) in [7, 11) is 0. The molecular formula is C19H18N6OS. The Labute approximate surface area is 160 Å². The first-order valence-corrected chi connectivity index (χ1v) is 9.88. The van der Waals surface area contributed by atoms with Gasteiger partial charge in [-0.25, -0.2) is 4.98 Å². The molecule has 0 bridgehead atoms. The second kappa shape index (κ2) is 6.71. The molecule has 0 saturated carbocycles. The largest absolute Gasteiger partial charge is 0.461 e. The second-order valence-electron chi connectivity index (χ2n) is 6.48. The van der Waals surface area contributed by atoms with Gasteiger partial charge in [-0.2, -0.15) is 9.50 Å². The third-order valence-corrected chi connectivity index (χ3v) is 5.55. The summed E-state index contributed by atoms with van der Waals surface area (Å²) in [4.78, 5) is 11.6. The van der Waals surface area contributed by atoms with Gasteiger partial charge in [-0.15, -0.1) is 16.9 Å². The quantitative estimate of drug-likeness (QED) is 0.584. The minimum absolute atomic E-state index is 0.456. The maximum atomic E-state index is 6.21. The highest BCUT2D eigenvalue weighted by molar-refractivity contribution is 7.99. The zero-order valence-electron chi connectivity index (χ0n) is 14.6. The third-order valence-electron chi connectivity index (χ3n) is 4.54. The van der Waals surface area contributed by atoms with Crippen molar-refractivity contribution in [1.82, 2.24) is 24.5 Å². The molecule has 3 aromatic heterocycles. The summed E-state index contributed by atoms with van der Waals surface area (Å²) < 4.78 is 6.90. The predicted molar refractivity (Wildman–Crippen MR) is 106 cm³/mol. The summed E-state index contributed by atoms with van der Waals surface area (Å²) in [5, 5.41) is 4.39. The smallest absolute Gasteiger partial charge is 0.255 e. The van der Waals surface area contributed by atoms with Crippen molar-refractivity contribution in [2.24, 2.45) is 0 Å². The molecule has 0 spiro atoms. The molecule has 2 N–H and O–H groups in total. The molecule has 0 atom stereocenters. The topological polar surface area (TPSA) is 85.5 Å². The van der Waals surface area contributed by atoms with Gasteiger partial charge in [0.2, 0.25) is 5.82 Å². The van der Waals surface area contributed by atoms with E-state index in [1.54, 1.807) is 12.3 Å².